The van der Waals surface area contributed by atoms with E-state index in [0.717, 1.165) is 11.3 Å². The number of aliphatic imine (C=N–C) groups is 1. The first-order valence-electron chi connectivity index (χ1n) is 5.27. The van der Waals surface area contributed by atoms with E-state index in [9.17, 15) is 0 Å². The van der Waals surface area contributed by atoms with Crippen LogP contribution in [0, 0.1) is 13.8 Å². The van der Waals surface area contributed by atoms with Gasteiger partial charge in [0.05, 0.1) is 5.69 Å². The van der Waals surface area contributed by atoms with Gasteiger partial charge in [-0.05, 0) is 43.2 Å². The first kappa shape index (κ1) is 10.6. The van der Waals surface area contributed by atoms with Crippen LogP contribution in [0.2, 0.25) is 0 Å². The first-order chi connectivity index (χ1) is 7.75. The van der Waals surface area contributed by atoms with Crippen LogP contribution in [0.5, 0.6) is 0 Å². The summed E-state index contributed by atoms with van der Waals surface area (Å²) in [7, 11) is 0. The number of hydrogen-bond acceptors (Lipinski definition) is 2. The predicted octanol–water partition coefficient (Wildman–Crippen LogP) is 3.45. The third kappa shape index (κ3) is 2.54. The summed E-state index contributed by atoms with van der Waals surface area (Å²) in [5, 5.41) is 0. The van der Waals surface area contributed by atoms with Crippen molar-refractivity contribution in [3.05, 3.63) is 59.4 Å². The third-order valence-corrected chi connectivity index (χ3v) is 2.54. The SMILES string of the molecule is Cc1ccc(N=Cc2cccnc2)cc1C. The molecule has 0 spiro atoms. The maximum atomic E-state index is 4.41. The lowest BCUT2D eigenvalue weighted by molar-refractivity contribution is 1.31. The molecule has 1 aromatic carbocycles. The summed E-state index contributed by atoms with van der Waals surface area (Å²) < 4.78 is 0. The molecule has 0 N–H and O–H groups in total. The van der Waals surface area contributed by atoms with Crippen molar-refractivity contribution in [3.8, 4) is 0 Å². The van der Waals surface area contributed by atoms with Gasteiger partial charge in [-0.2, -0.15) is 0 Å². The van der Waals surface area contributed by atoms with Crippen molar-refractivity contribution in [3.63, 3.8) is 0 Å². The van der Waals surface area contributed by atoms with Crippen molar-refractivity contribution < 1.29 is 0 Å². The average Bonchev–Trinajstić information content (AvgIpc) is 2.32. The molecule has 0 aliphatic heterocycles. The van der Waals surface area contributed by atoms with Gasteiger partial charge in [0.25, 0.3) is 0 Å². The van der Waals surface area contributed by atoms with E-state index in [1.807, 2.05) is 24.4 Å². The van der Waals surface area contributed by atoms with Crippen LogP contribution in [-0.4, -0.2) is 11.2 Å². The molecule has 0 saturated heterocycles. The molecule has 16 heavy (non-hydrogen) atoms. The molecule has 0 saturated carbocycles. The molecule has 2 rings (SSSR count). The summed E-state index contributed by atoms with van der Waals surface area (Å²) in [5.41, 5.74) is 4.55. The summed E-state index contributed by atoms with van der Waals surface area (Å²) in [6.07, 6.45) is 5.38. The molecular weight excluding hydrogens is 196 g/mol. The van der Waals surface area contributed by atoms with Crippen LogP contribution in [0.1, 0.15) is 16.7 Å². The van der Waals surface area contributed by atoms with Crippen molar-refractivity contribution in [2.24, 2.45) is 4.99 Å². The zero-order valence-electron chi connectivity index (χ0n) is 9.51. The topological polar surface area (TPSA) is 25.2 Å². The Bertz CT molecular complexity index is 501. The number of aromatic nitrogens is 1. The fourth-order valence-corrected chi connectivity index (χ4v) is 1.41. The van der Waals surface area contributed by atoms with Crippen LogP contribution in [0.25, 0.3) is 0 Å². The number of hydrogen-bond donors (Lipinski definition) is 0. The normalized spacial score (nSPS) is 10.9. The summed E-state index contributed by atoms with van der Waals surface area (Å²) in [4.78, 5) is 8.45. The minimum atomic E-state index is 0.979. The molecule has 1 aromatic heterocycles. The Morgan fingerprint density at radius 1 is 1.12 bits per heavy atom. The zero-order chi connectivity index (χ0) is 11.4. The van der Waals surface area contributed by atoms with E-state index in [2.05, 4.69) is 36.0 Å². The Morgan fingerprint density at radius 3 is 2.69 bits per heavy atom. The van der Waals surface area contributed by atoms with Crippen molar-refractivity contribution in [2.45, 2.75) is 13.8 Å². The van der Waals surface area contributed by atoms with Gasteiger partial charge >= 0.3 is 0 Å². The number of rotatable bonds is 2. The molecular formula is C14H14N2. The number of aryl methyl sites for hydroxylation is 2. The molecule has 80 valence electrons. The Balaban J connectivity index is 2.21. The van der Waals surface area contributed by atoms with Gasteiger partial charge in [0.2, 0.25) is 0 Å². The van der Waals surface area contributed by atoms with Crippen molar-refractivity contribution >= 4 is 11.9 Å². The summed E-state index contributed by atoms with van der Waals surface area (Å²) in [5.74, 6) is 0. The number of pyridine rings is 1. The van der Waals surface area contributed by atoms with Gasteiger partial charge in [0.15, 0.2) is 0 Å². The van der Waals surface area contributed by atoms with Gasteiger partial charge in [-0.1, -0.05) is 12.1 Å². The van der Waals surface area contributed by atoms with Crippen LogP contribution in [0.4, 0.5) is 5.69 Å². The van der Waals surface area contributed by atoms with Gasteiger partial charge in [-0.25, -0.2) is 0 Å². The summed E-state index contributed by atoms with van der Waals surface area (Å²) in [6.45, 7) is 4.20. The lowest BCUT2D eigenvalue weighted by atomic mass is 10.1. The minimum absolute atomic E-state index is 0.979. The quantitative estimate of drug-likeness (QED) is 0.697. The molecule has 0 aliphatic carbocycles. The van der Waals surface area contributed by atoms with Crippen molar-refractivity contribution in [1.82, 2.24) is 4.98 Å². The zero-order valence-corrected chi connectivity index (χ0v) is 9.51. The Morgan fingerprint density at radius 2 is 2.00 bits per heavy atom. The van der Waals surface area contributed by atoms with Gasteiger partial charge in [0, 0.05) is 24.2 Å². The summed E-state index contributed by atoms with van der Waals surface area (Å²) >= 11 is 0. The molecule has 0 unspecified atom stereocenters. The standard InChI is InChI=1S/C14H14N2/c1-11-5-6-14(8-12(11)2)16-10-13-4-3-7-15-9-13/h3-10H,1-2H3. The van der Waals surface area contributed by atoms with E-state index >= 15 is 0 Å². The lowest BCUT2D eigenvalue weighted by Crippen LogP contribution is -1.82. The Kier molecular flexibility index (Phi) is 3.10. The highest BCUT2D eigenvalue weighted by Gasteiger charge is 1.93. The van der Waals surface area contributed by atoms with Crippen molar-refractivity contribution in [2.75, 3.05) is 0 Å². The van der Waals surface area contributed by atoms with E-state index in [1.165, 1.54) is 11.1 Å². The highest BCUT2D eigenvalue weighted by molar-refractivity contribution is 5.81. The maximum absolute atomic E-state index is 4.41. The molecule has 0 radical (unpaired) electrons. The smallest absolute Gasteiger partial charge is 0.0632 e. The second-order valence-corrected chi connectivity index (χ2v) is 3.81. The molecule has 0 atom stereocenters. The highest BCUT2D eigenvalue weighted by atomic mass is 14.7. The Hall–Kier alpha value is -1.96. The number of benzene rings is 1. The molecule has 0 amide bonds. The molecule has 0 fully saturated rings. The van der Waals surface area contributed by atoms with Crippen LogP contribution >= 0.6 is 0 Å². The van der Waals surface area contributed by atoms with Gasteiger partial charge < -0.3 is 0 Å². The molecule has 2 nitrogen and oxygen atoms in total. The third-order valence-electron chi connectivity index (χ3n) is 2.54. The molecule has 0 aliphatic rings. The maximum Gasteiger partial charge on any atom is 0.0632 e. The van der Waals surface area contributed by atoms with Gasteiger partial charge in [-0.3, -0.25) is 9.98 Å². The Labute approximate surface area is 95.7 Å². The van der Waals surface area contributed by atoms with E-state index in [-0.39, 0.29) is 0 Å². The highest BCUT2D eigenvalue weighted by Crippen LogP contribution is 2.16. The van der Waals surface area contributed by atoms with Crippen LogP contribution in [0.15, 0.2) is 47.7 Å². The van der Waals surface area contributed by atoms with Crippen LogP contribution in [0.3, 0.4) is 0 Å². The molecule has 1 heterocycles. The second-order valence-electron chi connectivity index (χ2n) is 3.81. The van der Waals surface area contributed by atoms with Gasteiger partial charge in [-0.15, -0.1) is 0 Å². The fourth-order valence-electron chi connectivity index (χ4n) is 1.41. The first-order valence-corrected chi connectivity index (χ1v) is 5.27. The predicted molar refractivity (Wildman–Crippen MR) is 67.4 cm³/mol. The van der Waals surface area contributed by atoms with E-state index < -0.39 is 0 Å². The number of nitrogens with zero attached hydrogens (tertiary/aromatic N) is 2. The molecule has 0 bridgehead atoms. The van der Waals surface area contributed by atoms with Gasteiger partial charge in [0.1, 0.15) is 0 Å². The largest absolute Gasteiger partial charge is 0.264 e. The van der Waals surface area contributed by atoms with Crippen LogP contribution < -0.4 is 0 Å². The van der Waals surface area contributed by atoms with E-state index in [0.29, 0.717) is 0 Å². The minimum Gasteiger partial charge on any atom is -0.264 e. The monoisotopic (exact) mass is 210 g/mol. The van der Waals surface area contributed by atoms with E-state index in [4.69, 9.17) is 0 Å². The lowest BCUT2D eigenvalue weighted by Gasteiger charge is -2.00. The summed E-state index contributed by atoms with van der Waals surface area (Å²) in [6, 6.07) is 10.1. The van der Waals surface area contributed by atoms with E-state index in [1.54, 1.807) is 12.4 Å². The van der Waals surface area contributed by atoms with Crippen LogP contribution in [-0.2, 0) is 0 Å². The fraction of sp³-hybridized carbons (Fsp3) is 0.143. The molecule has 2 aromatic rings. The molecule has 2 heteroatoms. The average molecular weight is 210 g/mol. The second kappa shape index (κ2) is 4.71. The van der Waals surface area contributed by atoms with Crippen molar-refractivity contribution in [1.29, 1.82) is 0 Å².